The Morgan fingerprint density at radius 2 is 2.13 bits per heavy atom. The third kappa shape index (κ3) is 3.13. The van der Waals surface area contributed by atoms with E-state index in [9.17, 15) is 0 Å². The highest BCUT2D eigenvalue weighted by Crippen LogP contribution is 2.28. The smallest absolute Gasteiger partial charge is 0.0487 e. The minimum atomic E-state index is 1.28. The van der Waals surface area contributed by atoms with Crippen molar-refractivity contribution in [1.82, 2.24) is 10.2 Å². The molecule has 0 saturated carbocycles. The van der Waals surface area contributed by atoms with Crippen LogP contribution in [0.3, 0.4) is 0 Å². The second-order valence-electron chi connectivity index (χ2n) is 3.33. The number of aromatic amines is 1. The van der Waals surface area contributed by atoms with Gasteiger partial charge < -0.3 is 0 Å². The molecule has 1 aromatic carbocycles. The zero-order valence-electron chi connectivity index (χ0n) is 8.52. The van der Waals surface area contributed by atoms with E-state index in [1.54, 1.807) is 18.0 Å². The summed E-state index contributed by atoms with van der Waals surface area (Å²) in [7, 11) is 0. The van der Waals surface area contributed by atoms with Crippen molar-refractivity contribution in [1.29, 1.82) is 0 Å². The maximum absolute atomic E-state index is 3.60. The van der Waals surface area contributed by atoms with Gasteiger partial charge in [-0.25, -0.2) is 0 Å². The van der Waals surface area contributed by atoms with E-state index >= 15 is 0 Å². The van der Waals surface area contributed by atoms with Gasteiger partial charge in [0.15, 0.2) is 0 Å². The van der Waals surface area contributed by atoms with Gasteiger partial charge in [-0.1, -0.05) is 18.2 Å². The van der Waals surface area contributed by atoms with Gasteiger partial charge in [0.1, 0.15) is 0 Å². The summed E-state index contributed by atoms with van der Waals surface area (Å²) in [5.41, 5.74) is 1.54. The van der Waals surface area contributed by atoms with Crippen LogP contribution < -0.4 is 0 Å². The van der Waals surface area contributed by atoms with Gasteiger partial charge in [-0.2, -0.15) is 5.10 Å². The van der Waals surface area contributed by atoms with Crippen LogP contribution in [0.1, 0.15) is 12.0 Å². The number of aryl methyl sites for hydroxylation is 1. The van der Waals surface area contributed by atoms with Crippen LogP contribution in [-0.2, 0) is 6.42 Å². The van der Waals surface area contributed by atoms with Crippen LogP contribution in [0.2, 0.25) is 0 Å². The van der Waals surface area contributed by atoms with Crippen LogP contribution in [0.25, 0.3) is 0 Å². The molecule has 0 saturated heterocycles. The zero-order valence-corrected chi connectivity index (χ0v) is 9.33. The van der Waals surface area contributed by atoms with Crippen molar-refractivity contribution in [3.05, 3.63) is 48.3 Å². The Labute approximate surface area is 94.1 Å². The van der Waals surface area contributed by atoms with E-state index in [1.807, 2.05) is 17.8 Å². The van der Waals surface area contributed by atoms with Crippen molar-refractivity contribution < 1.29 is 0 Å². The summed E-state index contributed by atoms with van der Waals surface area (Å²) in [5.74, 6) is 1.30. The molecule has 0 unspecified atom stereocenters. The molecule has 1 aliphatic rings. The standard InChI is InChI=1S/C9H10S.C3H4N2/c1-2-6-9-8(4-1)5-3-7-10-9;1-2-4-5-3-1/h1-2,4,6H,3,5,7H2;1-3H,(H,4,5). The molecule has 0 amide bonds. The number of rotatable bonds is 0. The second kappa shape index (κ2) is 5.61. The number of fused-ring (bicyclic) bond motifs is 1. The number of aromatic nitrogens is 2. The lowest BCUT2D eigenvalue weighted by Crippen LogP contribution is -1.96. The Morgan fingerprint density at radius 3 is 2.80 bits per heavy atom. The third-order valence-corrected chi connectivity index (χ3v) is 3.43. The summed E-state index contributed by atoms with van der Waals surface area (Å²) in [6.45, 7) is 0. The fourth-order valence-corrected chi connectivity index (χ4v) is 2.55. The number of hydrogen-bond donors (Lipinski definition) is 1. The summed E-state index contributed by atoms with van der Waals surface area (Å²) in [6, 6.07) is 10.5. The zero-order chi connectivity index (χ0) is 10.3. The lowest BCUT2D eigenvalue weighted by molar-refractivity contribution is 0.890. The first-order chi connectivity index (χ1) is 7.47. The molecule has 1 aliphatic heterocycles. The van der Waals surface area contributed by atoms with Crippen molar-refractivity contribution in [2.75, 3.05) is 5.75 Å². The normalized spacial score (nSPS) is 13.6. The molecule has 0 atom stereocenters. The van der Waals surface area contributed by atoms with E-state index < -0.39 is 0 Å². The molecule has 2 aromatic rings. The lowest BCUT2D eigenvalue weighted by Gasteiger charge is -2.13. The highest BCUT2D eigenvalue weighted by Gasteiger charge is 2.06. The number of nitrogens with one attached hydrogen (secondary N) is 1. The van der Waals surface area contributed by atoms with Crippen molar-refractivity contribution >= 4 is 11.8 Å². The Bertz CT molecular complexity index is 342. The predicted octanol–water partition coefficient (Wildman–Crippen LogP) is 3.13. The maximum atomic E-state index is 3.60. The van der Waals surface area contributed by atoms with Crippen molar-refractivity contribution in [3.8, 4) is 0 Å². The summed E-state index contributed by atoms with van der Waals surface area (Å²) >= 11 is 1.99. The van der Waals surface area contributed by atoms with Crippen molar-refractivity contribution in [2.45, 2.75) is 17.7 Å². The van der Waals surface area contributed by atoms with Gasteiger partial charge in [-0.15, -0.1) is 11.8 Å². The molecule has 1 N–H and O–H groups in total. The average molecular weight is 218 g/mol. The number of H-pyrrole nitrogens is 1. The van der Waals surface area contributed by atoms with E-state index in [4.69, 9.17) is 0 Å². The fraction of sp³-hybridized carbons (Fsp3) is 0.250. The number of nitrogens with zero attached hydrogens (tertiary/aromatic N) is 1. The van der Waals surface area contributed by atoms with Gasteiger partial charge in [0.2, 0.25) is 0 Å². The van der Waals surface area contributed by atoms with Crippen molar-refractivity contribution in [3.63, 3.8) is 0 Å². The molecule has 78 valence electrons. The quantitative estimate of drug-likeness (QED) is 0.736. The number of hydrogen-bond acceptors (Lipinski definition) is 2. The molecule has 3 rings (SSSR count). The van der Waals surface area contributed by atoms with E-state index in [1.165, 1.54) is 23.5 Å². The lowest BCUT2D eigenvalue weighted by atomic mass is 10.1. The molecule has 0 fully saturated rings. The van der Waals surface area contributed by atoms with Crippen molar-refractivity contribution in [2.24, 2.45) is 0 Å². The van der Waals surface area contributed by atoms with E-state index in [0.29, 0.717) is 0 Å². The molecule has 0 radical (unpaired) electrons. The highest BCUT2D eigenvalue weighted by molar-refractivity contribution is 7.99. The molecule has 2 heterocycles. The molecule has 15 heavy (non-hydrogen) atoms. The number of benzene rings is 1. The van der Waals surface area contributed by atoms with Crippen LogP contribution in [0.4, 0.5) is 0 Å². The molecule has 0 aliphatic carbocycles. The molecule has 3 heteroatoms. The molecule has 1 aromatic heterocycles. The molecule has 0 bridgehead atoms. The Kier molecular flexibility index (Phi) is 3.85. The first-order valence-corrected chi connectivity index (χ1v) is 6.10. The first-order valence-electron chi connectivity index (χ1n) is 5.11. The average Bonchev–Trinajstić information content (AvgIpc) is 2.88. The van der Waals surface area contributed by atoms with E-state index in [2.05, 4.69) is 34.5 Å². The second-order valence-corrected chi connectivity index (χ2v) is 4.46. The van der Waals surface area contributed by atoms with Gasteiger partial charge in [-0.05, 0) is 36.3 Å². The van der Waals surface area contributed by atoms with E-state index in [-0.39, 0.29) is 0 Å². The largest absolute Gasteiger partial charge is 0.286 e. The Hall–Kier alpha value is -1.22. The number of thioether (sulfide) groups is 1. The molecule has 2 nitrogen and oxygen atoms in total. The summed E-state index contributed by atoms with van der Waals surface area (Å²) in [4.78, 5) is 1.49. The topological polar surface area (TPSA) is 28.7 Å². The monoisotopic (exact) mass is 218 g/mol. The van der Waals surface area contributed by atoms with Crippen LogP contribution in [0.15, 0.2) is 47.6 Å². The first kappa shape index (κ1) is 10.3. The summed E-state index contributed by atoms with van der Waals surface area (Å²) < 4.78 is 0. The summed E-state index contributed by atoms with van der Waals surface area (Å²) in [6.07, 6.45) is 6.09. The molecular weight excluding hydrogens is 204 g/mol. The molecule has 0 spiro atoms. The maximum Gasteiger partial charge on any atom is 0.0487 e. The van der Waals surface area contributed by atoms with Gasteiger partial charge in [-0.3, -0.25) is 5.10 Å². The fourth-order valence-electron chi connectivity index (χ4n) is 1.51. The van der Waals surface area contributed by atoms with E-state index in [0.717, 1.165) is 0 Å². The van der Waals surface area contributed by atoms with Gasteiger partial charge >= 0.3 is 0 Å². The van der Waals surface area contributed by atoms with Crippen LogP contribution in [0.5, 0.6) is 0 Å². The third-order valence-electron chi connectivity index (χ3n) is 2.23. The minimum absolute atomic E-state index is 1.28. The van der Waals surface area contributed by atoms with Crippen LogP contribution in [-0.4, -0.2) is 16.0 Å². The van der Waals surface area contributed by atoms with Crippen LogP contribution >= 0.6 is 11.8 Å². The van der Waals surface area contributed by atoms with Gasteiger partial charge in [0.05, 0.1) is 0 Å². The Balaban J connectivity index is 0.000000144. The highest BCUT2D eigenvalue weighted by atomic mass is 32.2. The van der Waals surface area contributed by atoms with Crippen LogP contribution in [0, 0.1) is 0 Å². The molecular formula is C12H14N2S. The minimum Gasteiger partial charge on any atom is -0.286 e. The SMILES string of the molecule is c1ccc2c(c1)CCCS2.c1cn[nH]c1. The van der Waals surface area contributed by atoms with Gasteiger partial charge in [0, 0.05) is 17.3 Å². The Morgan fingerprint density at radius 1 is 1.20 bits per heavy atom. The predicted molar refractivity (Wildman–Crippen MR) is 64.1 cm³/mol. The summed E-state index contributed by atoms with van der Waals surface area (Å²) in [5, 5.41) is 6.21. The van der Waals surface area contributed by atoms with Gasteiger partial charge in [0.25, 0.3) is 0 Å².